The van der Waals surface area contributed by atoms with E-state index in [1.165, 1.54) is 11.1 Å². The molecule has 2 heteroatoms. The van der Waals surface area contributed by atoms with Crippen LogP contribution in [0.25, 0.3) is 16.8 Å². The van der Waals surface area contributed by atoms with Gasteiger partial charge in [0, 0.05) is 11.1 Å². The van der Waals surface area contributed by atoms with Crippen LogP contribution < -0.4 is 5.73 Å². The minimum Gasteiger partial charge on any atom is -0.509 e. The molecule has 0 amide bonds. The van der Waals surface area contributed by atoms with Gasteiger partial charge in [-0.15, -0.1) is 0 Å². The van der Waals surface area contributed by atoms with Crippen molar-refractivity contribution in [1.82, 2.24) is 0 Å². The summed E-state index contributed by atoms with van der Waals surface area (Å²) in [6.45, 7) is 3.44. The lowest BCUT2D eigenvalue weighted by Gasteiger charge is -2.09. The van der Waals surface area contributed by atoms with Crippen molar-refractivity contribution in [2.75, 3.05) is 5.73 Å². The molecule has 0 bridgehead atoms. The van der Waals surface area contributed by atoms with Crippen LogP contribution in [0.2, 0.25) is 0 Å². The van der Waals surface area contributed by atoms with Crippen molar-refractivity contribution in [2.45, 2.75) is 6.42 Å². The Balaban J connectivity index is 1.95. The standard InChI is InChI=1S/C21H19NO/c1-15(23)7-9-18-10-11-19-14-17(8-12-20(19)21(18)22)13-16-5-3-2-4-6-16/h2-12,14,23H,1,13,22H2/b9-7-. The Morgan fingerprint density at radius 1 is 1.00 bits per heavy atom. The lowest BCUT2D eigenvalue weighted by molar-refractivity contribution is 0.436. The van der Waals surface area contributed by atoms with E-state index in [9.17, 15) is 5.11 Å². The molecule has 3 aromatic rings. The highest BCUT2D eigenvalue weighted by Gasteiger charge is 2.04. The van der Waals surface area contributed by atoms with Gasteiger partial charge >= 0.3 is 0 Å². The molecule has 0 spiro atoms. The highest BCUT2D eigenvalue weighted by Crippen LogP contribution is 2.27. The molecule has 0 saturated carbocycles. The molecular weight excluding hydrogens is 282 g/mol. The molecule has 0 aliphatic rings. The van der Waals surface area contributed by atoms with Gasteiger partial charge in [-0.25, -0.2) is 0 Å². The fraction of sp³-hybridized carbons (Fsp3) is 0.0476. The van der Waals surface area contributed by atoms with Crippen molar-refractivity contribution in [1.29, 1.82) is 0 Å². The van der Waals surface area contributed by atoms with E-state index in [0.717, 1.165) is 22.8 Å². The van der Waals surface area contributed by atoms with Gasteiger partial charge in [0.2, 0.25) is 0 Å². The van der Waals surface area contributed by atoms with Crippen LogP contribution >= 0.6 is 0 Å². The van der Waals surface area contributed by atoms with Crippen LogP contribution in [0.1, 0.15) is 16.7 Å². The molecule has 0 radical (unpaired) electrons. The third-order valence-corrected chi connectivity index (χ3v) is 3.87. The average Bonchev–Trinajstić information content (AvgIpc) is 2.55. The fourth-order valence-corrected chi connectivity index (χ4v) is 2.69. The number of hydrogen-bond acceptors (Lipinski definition) is 2. The zero-order valence-corrected chi connectivity index (χ0v) is 12.9. The summed E-state index contributed by atoms with van der Waals surface area (Å²) >= 11 is 0. The molecule has 0 fully saturated rings. The van der Waals surface area contributed by atoms with E-state index < -0.39 is 0 Å². The molecular formula is C21H19NO. The van der Waals surface area contributed by atoms with Gasteiger partial charge in [0.15, 0.2) is 0 Å². The number of allylic oxidation sites excluding steroid dienone is 1. The summed E-state index contributed by atoms with van der Waals surface area (Å²) in [4.78, 5) is 0. The Bertz CT molecular complexity index is 879. The van der Waals surface area contributed by atoms with E-state index in [0.29, 0.717) is 5.69 Å². The fourth-order valence-electron chi connectivity index (χ4n) is 2.69. The Morgan fingerprint density at radius 3 is 2.52 bits per heavy atom. The van der Waals surface area contributed by atoms with Crippen LogP contribution in [0.4, 0.5) is 5.69 Å². The number of fused-ring (bicyclic) bond motifs is 1. The minimum absolute atomic E-state index is 0.0164. The van der Waals surface area contributed by atoms with Gasteiger partial charge in [-0.2, -0.15) is 0 Å². The van der Waals surface area contributed by atoms with Crippen LogP contribution in [-0.4, -0.2) is 5.11 Å². The number of hydrogen-bond donors (Lipinski definition) is 2. The molecule has 3 N–H and O–H groups in total. The van der Waals surface area contributed by atoms with Crippen LogP contribution in [0.5, 0.6) is 0 Å². The van der Waals surface area contributed by atoms with Crippen LogP contribution in [0, 0.1) is 0 Å². The summed E-state index contributed by atoms with van der Waals surface area (Å²) in [6.07, 6.45) is 4.22. The number of rotatable bonds is 4. The lowest BCUT2D eigenvalue weighted by atomic mass is 9.98. The Labute approximate surface area is 136 Å². The van der Waals surface area contributed by atoms with Crippen molar-refractivity contribution in [3.05, 3.63) is 95.8 Å². The first kappa shape index (κ1) is 14.9. The Morgan fingerprint density at radius 2 is 1.78 bits per heavy atom. The first-order valence-corrected chi connectivity index (χ1v) is 7.54. The number of nitrogen functional groups attached to an aromatic ring is 1. The molecule has 0 heterocycles. The number of benzene rings is 3. The summed E-state index contributed by atoms with van der Waals surface area (Å²) in [5.41, 5.74) is 10.4. The third-order valence-electron chi connectivity index (χ3n) is 3.87. The van der Waals surface area contributed by atoms with Crippen molar-refractivity contribution in [3.8, 4) is 0 Å². The van der Waals surface area contributed by atoms with Crippen molar-refractivity contribution in [3.63, 3.8) is 0 Å². The van der Waals surface area contributed by atoms with Crippen LogP contribution in [-0.2, 0) is 6.42 Å². The third kappa shape index (κ3) is 3.43. The molecule has 0 atom stereocenters. The monoisotopic (exact) mass is 301 g/mol. The number of aliphatic hydroxyl groups excluding tert-OH is 1. The van der Waals surface area contributed by atoms with E-state index in [1.54, 1.807) is 12.2 Å². The summed E-state index contributed by atoms with van der Waals surface area (Å²) < 4.78 is 0. The van der Waals surface area contributed by atoms with E-state index in [2.05, 4.69) is 55.1 Å². The van der Waals surface area contributed by atoms with Crippen LogP contribution in [0.15, 0.2) is 79.1 Å². The average molecular weight is 301 g/mol. The van der Waals surface area contributed by atoms with Gasteiger partial charge in [0.05, 0.1) is 0 Å². The Kier molecular flexibility index (Phi) is 4.15. The number of aliphatic hydroxyl groups is 1. The van der Waals surface area contributed by atoms with Gasteiger partial charge in [0.25, 0.3) is 0 Å². The zero-order valence-electron chi connectivity index (χ0n) is 12.9. The molecule has 3 rings (SSSR count). The van der Waals surface area contributed by atoms with Crippen molar-refractivity contribution >= 4 is 22.5 Å². The predicted molar refractivity (Wildman–Crippen MR) is 98.4 cm³/mol. The maximum absolute atomic E-state index is 9.17. The van der Waals surface area contributed by atoms with Gasteiger partial charge in [-0.1, -0.05) is 67.2 Å². The van der Waals surface area contributed by atoms with Crippen molar-refractivity contribution in [2.24, 2.45) is 0 Å². The normalized spacial score (nSPS) is 11.1. The molecule has 3 aromatic carbocycles. The lowest BCUT2D eigenvalue weighted by Crippen LogP contribution is -1.93. The molecule has 2 nitrogen and oxygen atoms in total. The van der Waals surface area contributed by atoms with Crippen molar-refractivity contribution < 1.29 is 5.11 Å². The number of nitrogens with two attached hydrogens (primary N) is 1. The van der Waals surface area contributed by atoms with E-state index in [4.69, 9.17) is 5.73 Å². The first-order valence-electron chi connectivity index (χ1n) is 7.54. The largest absolute Gasteiger partial charge is 0.509 e. The van der Waals surface area contributed by atoms with Crippen LogP contribution in [0.3, 0.4) is 0 Å². The molecule has 23 heavy (non-hydrogen) atoms. The van der Waals surface area contributed by atoms with Gasteiger partial charge in [-0.05, 0) is 40.6 Å². The number of anilines is 1. The first-order chi connectivity index (χ1) is 11.1. The second kappa shape index (κ2) is 6.41. The zero-order chi connectivity index (χ0) is 16.2. The SMILES string of the molecule is C=C(O)/C=C\c1ccc2cc(Cc3ccccc3)ccc2c1N. The minimum atomic E-state index is 0.0164. The topological polar surface area (TPSA) is 46.2 Å². The maximum Gasteiger partial charge on any atom is 0.108 e. The second-order valence-electron chi connectivity index (χ2n) is 5.61. The molecule has 0 aliphatic heterocycles. The second-order valence-corrected chi connectivity index (χ2v) is 5.61. The summed E-state index contributed by atoms with van der Waals surface area (Å²) in [5.74, 6) is 0.0164. The molecule has 0 aromatic heterocycles. The maximum atomic E-state index is 9.17. The van der Waals surface area contributed by atoms with E-state index >= 15 is 0 Å². The Hall–Kier alpha value is -3.00. The van der Waals surface area contributed by atoms with E-state index in [1.807, 2.05) is 12.1 Å². The van der Waals surface area contributed by atoms with Gasteiger partial charge in [0.1, 0.15) is 5.76 Å². The smallest absolute Gasteiger partial charge is 0.108 e. The molecule has 114 valence electrons. The summed E-state index contributed by atoms with van der Waals surface area (Å²) in [7, 11) is 0. The van der Waals surface area contributed by atoms with Gasteiger partial charge in [-0.3, -0.25) is 0 Å². The van der Waals surface area contributed by atoms with Gasteiger partial charge < -0.3 is 10.8 Å². The summed E-state index contributed by atoms with van der Waals surface area (Å²) in [6, 6.07) is 20.8. The molecule has 0 unspecified atom stereocenters. The summed E-state index contributed by atoms with van der Waals surface area (Å²) in [5, 5.41) is 11.3. The quantitative estimate of drug-likeness (QED) is 0.400. The van der Waals surface area contributed by atoms with E-state index in [-0.39, 0.29) is 5.76 Å². The highest BCUT2D eigenvalue weighted by molar-refractivity contribution is 5.97. The molecule has 0 saturated heterocycles. The highest BCUT2D eigenvalue weighted by atomic mass is 16.3. The molecule has 0 aliphatic carbocycles. The predicted octanol–water partition coefficient (Wildman–Crippen LogP) is 5.10.